The fourth-order valence-corrected chi connectivity index (χ4v) is 2.97. The Morgan fingerprint density at radius 2 is 1.63 bits per heavy atom. The maximum Gasteiger partial charge on any atom is 0.322 e. The van der Waals surface area contributed by atoms with Gasteiger partial charge >= 0.3 is 6.01 Å². The van der Waals surface area contributed by atoms with Crippen molar-refractivity contribution in [2.45, 2.75) is 13.8 Å². The first-order chi connectivity index (χ1) is 13.0. The maximum atomic E-state index is 13.1. The fraction of sp³-hybridized carbons (Fsp3) is 0.0952. The summed E-state index contributed by atoms with van der Waals surface area (Å²) >= 11 is 5.99. The molecule has 0 bridgehead atoms. The molecule has 0 fully saturated rings. The van der Waals surface area contributed by atoms with Crippen LogP contribution in [0.3, 0.4) is 0 Å². The molecule has 0 saturated heterocycles. The lowest BCUT2D eigenvalue weighted by molar-refractivity contribution is 0.421. The molecule has 0 spiro atoms. The molecule has 6 heteroatoms. The molecule has 0 N–H and O–H groups in total. The summed E-state index contributed by atoms with van der Waals surface area (Å²) in [5, 5.41) is 1.01. The Kier molecular flexibility index (Phi) is 4.38. The van der Waals surface area contributed by atoms with Crippen LogP contribution in [0.1, 0.15) is 11.4 Å². The maximum absolute atomic E-state index is 13.1. The standard InChI is InChI=1S/C21H15ClN2O3/c1-12-11-13(2)24-21(23-12)27-20-18(25)16-5-3-4-6-17(16)26-19(20)14-7-9-15(22)10-8-14/h3-11H,1-2H3. The summed E-state index contributed by atoms with van der Waals surface area (Å²) in [5.74, 6) is 0.346. The Morgan fingerprint density at radius 1 is 0.963 bits per heavy atom. The van der Waals surface area contributed by atoms with Gasteiger partial charge in [0.1, 0.15) is 5.58 Å². The number of aromatic nitrogens is 2. The minimum atomic E-state index is -0.287. The van der Waals surface area contributed by atoms with Crippen molar-refractivity contribution in [2.24, 2.45) is 0 Å². The molecule has 0 saturated carbocycles. The van der Waals surface area contributed by atoms with Crippen LogP contribution in [0.5, 0.6) is 11.8 Å². The van der Waals surface area contributed by atoms with Crippen LogP contribution in [-0.2, 0) is 0 Å². The Bertz CT molecular complexity index is 1180. The zero-order chi connectivity index (χ0) is 19.0. The van der Waals surface area contributed by atoms with Crippen LogP contribution in [0.4, 0.5) is 0 Å². The molecular weight excluding hydrogens is 364 g/mol. The van der Waals surface area contributed by atoms with Gasteiger partial charge in [0.15, 0.2) is 5.76 Å². The molecule has 2 heterocycles. The molecule has 0 amide bonds. The van der Waals surface area contributed by atoms with E-state index in [9.17, 15) is 4.79 Å². The lowest BCUT2D eigenvalue weighted by Crippen LogP contribution is -2.09. The summed E-state index contributed by atoms with van der Waals surface area (Å²) in [6.45, 7) is 3.68. The van der Waals surface area contributed by atoms with Gasteiger partial charge in [0.25, 0.3) is 0 Å². The molecular formula is C21H15ClN2O3. The first kappa shape index (κ1) is 17.2. The second kappa shape index (κ2) is 6.85. The van der Waals surface area contributed by atoms with Gasteiger partial charge in [-0.05, 0) is 56.3 Å². The SMILES string of the molecule is Cc1cc(C)nc(Oc2c(-c3ccc(Cl)cc3)oc3ccccc3c2=O)n1. The lowest BCUT2D eigenvalue weighted by Gasteiger charge is -2.11. The smallest absolute Gasteiger partial charge is 0.322 e. The van der Waals surface area contributed by atoms with E-state index in [4.69, 9.17) is 20.8 Å². The van der Waals surface area contributed by atoms with E-state index in [1.165, 1.54) is 0 Å². The number of benzene rings is 2. The minimum Gasteiger partial charge on any atom is -0.452 e. The first-order valence-corrected chi connectivity index (χ1v) is 8.71. The van der Waals surface area contributed by atoms with Crippen molar-refractivity contribution in [3.05, 3.63) is 81.2 Å². The molecule has 134 valence electrons. The summed E-state index contributed by atoms with van der Waals surface area (Å²) in [6.07, 6.45) is 0. The highest BCUT2D eigenvalue weighted by atomic mass is 35.5. The van der Waals surface area contributed by atoms with Gasteiger partial charge in [-0.1, -0.05) is 23.7 Å². The normalized spacial score (nSPS) is 10.9. The summed E-state index contributed by atoms with van der Waals surface area (Å²) in [5.41, 5.74) is 2.35. The van der Waals surface area contributed by atoms with Crippen molar-refractivity contribution in [1.82, 2.24) is 9.97 Å². The molecule has 0 aliphatic heterocycles. The predicted octanol–water partition coefficient (Wildman–Crippen LogP) is 5.31. The third kappa shape index (κ3) is 3.41. The average Bonchev–Trinajstić information content (AvgIpc) is 2.64. The van der Waals surface area contributed by atoms with E-state index < -0.39 is 0 Å². The van der Waals surface area contributed by atoms with Crippen molar-refractivity contribution in [3.8, 4) is 23.1 Å². The summed E-state index contributed by atoms with van der Waals surface area (Å²) in [7, 11) is 0. The average molecular weight is 379 g/mol. The number of aryl methyl sites for hydroxylation is 2. The Labute approximate surface area is 160 Å². The topological polar surface area (TPSA) is 65.2 Å². The van der Waals surface area contributed by atoms with Crippen LogP contribution in [-0.4, -0.2) is 9.97 Å². The van der Waals surface area contributed by atoms with Gasteiger partial charge in [-0.15, -0.1) is 0 Å². The van der Waals surface area contributed by atoms with Crippen LogP contribution in [0.2, 0.25) is 5.02 Å². The second-order valence-electron chi connectivity index (χ2n) is 6.13. The van der Waals surface area contributed by atoms with Crippen molar-refractivity contribution in [2.75, 3.05) is 0 Å². The minimum absolute atomic E-state index is 0.0426. The van der Waals surface area contributed by atoms with Gasteiger partial charge in [0, 0.05) is 22.0 Å². The molecule has 0 atom stereocenters. The van der Waals surface area contributed by atoms with Crippen LogP contribution in [0.25, 0.3) is 22.3 Å². The predicted molar refractivity (Wildman–Crippen MR) is 105 cm³/mol. The van der Waals surface area contributed by atoms with E-state index >= 15 is 0 Å². The van der Waals surface area contributed by atoms with Crippen molar-refractivity contribution in [3.63, 3.8) is 0 Å². The molecule has 2 aromatic heterocycles. The van der Waals surface area contributed by atoms with Crippen molar-refractivity contribution < 1.29 is 9.15 Å². The zero-order valence-corrected chi connectivity index (χ0v) is 15.4. The molecule has 2 aromatic carbocycles. The van der Waals surface area contributed by atoms with Gasteiger partial charge in [-0.25, -0.2) is 9.97 Å². The molecule has 4 rings (SSSR count). The van der Waals surface area contributed by atoms with Gasteiger partial charge in [-0.3, -0.25) is 4.79 Å². The molecule has 0 aliphatic carbocycles. The summed E-state index contributed by atoms with van der Waals surface area (Å²) in [4.78, 5) is 21.6. The largest absolute Gasteiger partial charge is 0.452 e. The van der Waals surface area contributed by atoms with E-state index in [-0.39, 0.29) is 17.2 Å². The Morgan fingerprint density at radius 3 is 2.33 bits per heavy atom. The number of fused-ring (bicyclic) bond motifs is 1. The highest BCUT2D eigenvalue weighted by Gasteiger charge is 2.19. The van der Waals surface area contributed by atoms with Gasteiger partial charge in [-0.2, -0.15) is 0 Å². The van der Waals surface area contributed by atoms with E-state index in [0.717, 1.165) is 11.4 Å². The zero-order valence-electron chi connectivity index (χ0n) is 14.7. The third-order valence-electron chi connectivity index (χ3n) is 4.02. The highest BCUT2D eigenvalue weighted by molar-refractivity contribution is 6.30. The van der Waals surface area contributed by atoms with Crippen LogP contribution in [0.15, 0.2) is 63.8 Å². The number of hydrogen-bond donors (Lipinski definition) is 0. The summed E-state index contributed by atoms with van der Waals surface area (Å²) < 4.78 is 11.8. The van der Waals surface area contributed by atoms with Crippen LogP contribution >= 0.6 is 11.6 Å². The molecule has 0 radical (unpaired) electrons. The quantitative estimate of drug-likeness (QED) is 0.483. The molecule has 0 unspecified atom stereocenters. The first-order valence-electron chi connectivity index (χ1n) is 8.33. The monoisotopic (exact) mass is 378 g/mol. The number of halogens is 1. The molecule has 5 nitrogen and oxygen atoms in total. The number of hydrogen-bond acceptors (Lipinski definition) is 5. The van der Waals surface area contributed by atoms with Crippen molar-refractivity contribution >= 4 is 22.6 Å². The lowest BCUT2D eigenvalue weighted by atomic mass is 10.1. The Balaban J connectivity index is 1.96. The number of ether oxygens (including phenoxy) is 1. The van der Waals surface area contributed by atoms with Gasteiger partial charge in [0.05, 0.1) is 5.39 Å². The van der Waals surface area contributed by atoms with Crippen LogP contribution < -0.4 is 10.2 Å². The van der Waals surface area contributed by atoms with E-state index in [2.05, 4.69) is 9.97 Å². The van der Waals surface area contributed by atoms with E-state index in [1.807, 2.05) is 26.0 Å². The van der Waals surface area contributed by atoms with Crippen LogP contribution in [0, 0.1) is 13.8 Å². The Hall–Kier alpha value is -3.18. The molecule has 27 heavy (non-hydrogen) atoms. The van der Waals surface area contributed by atoms with E-state index in [0.29, 0.717) is 27.3 Å². The molecule has 4 aromatic rings. The van der Waals surface area contributed by atoms with Gasteiger partial charge in [0.2, 0.25) is 11.2 Å². The van der Waals surface area contributed by atoms with E-state index in [1.54, 1.807) is 42.5 Å². The number of nitrogens with zero attached hydrogens (tertiary/aromatic N) is 2. The fourth-order valence-electron chi connectivity index (χ4n) is 2.84. The highest BCUT2D eigenvalue weighted by Crippen LogP contribution is 2.33. The molecule has 0 aliphatic rings. The van der Waals surface area contributed by atoms with Crippen molar-refractivity contribution in [1.29, 1.82) is 0 Å². The third-order valence-corrected chi connectivity index (χ3v) is 4.27. The number of para-hydroxylation sites is 1. The second-order valence-corrected chi connectivity index (χ2v) is 6.56. The number of rotatable bonds is 3. The van der Waals surface area contributed by atoms with Gasteiger partial charge < -0.3 is 9.15 Å². The summed E-state index contributed by atoms with van der Waals surface area (Å²) in [6, 6.07) is 15.9.